The first-order valence-corrected chi connectivity index (χ1v) is 6.03. The van der Waals surface area contributed by atoms with Crippen LogP contribution in [0.2, 0.25) is 0 Å². The molecule has 0 radical (unpaired) electrons. The molecule has 0 unspecified atom stereocenters. The van der Waals surface area contributed by atoms with Crippen LogP contribution >= 0.6 is 0 Å². The fourth-order valence-electron chi connectivity index (χ4n) is 1.94. The van der Waals surface area contributed by atoms with Gasteiger partial charge in [-0.2, -0.15) is 0 Å². The van der Waals surface area contributed by atoms with Crippen molar-refractivity contribution in [3.05, 3.63) is 34.9 Å². The number of aryl methyl sites for hydroxylation is 1. The van der Waals surface area contributed by atoms with Crippen LogP contribution in [0.5, 0.6) is 0 Å². The first kappa shape index (κ1) is 18.2. The molecule has 0 heterocycles. The molecule has 1 aromatic carbocycles. The average Bonchev–Trinajstić information content (AvgIpc) is 2.34. The Morgan fingerprint density at radius 2 is 1.79 bits per heavy atom. The molecule has 0 aliphatic heterocycles. The van der Waals surface area contributed by atoms with Gasteiger partial charge in [0.05, 0.1) is 12.4 Å². The fourth-order valence-corrected chi connectivity index (χ4v) is 1.94. The molecule has 0 amide bonds. The monoisotopic (exact) mass is 272 g/mol. The van der Waals surface area contributed by atoms with Crippen LogP contribution in [0.4, 0.5) is 0 Å². The summed E-state index contributed by atoms with van der Waals surface area (Å²) in [7, 11) is 0. The van der Waals surface area contributed by atoms with Gasteiger partial charge in [0.25, 0.3) is 0 Å². The first-order chi connectivity index (χ1) is 8.58. The minimum Gasteiger partial charge on any atom is -0.550 e. The predicted octanol–water partition coefficient (Wildman–Crippen LogP) is -2.00. The van der Waals surface area contributed by atoms with Gasteiger partial charge in [-0.05, 0) is 29.5 Å². The number of hydrogen-bond donors (Lipinski definition) is 0. The summed E-state index contributed by atoms with van der Waals surface area (Å²) in [6.07, 6.45) is 1.08. The van der Waals surface area contributed by atoms with Crippen molar-refractivity contribution in [2.45, 2.75) is 39.7 Å². The molecule has 0 N–H and O–H groups in total. The quantitative estimate of drug-likeness (QED) is 0.341. The van der Waals surface area contributed by atoms with Crippen molar-refractivity contribution in [2.75, 3.05) is 0 Å². The molecule has 0 aliphatic carbocycles. The Kier molecular flexibility index (Phi) is 8.72. The fraction of sp³-hybridized carbons (Fsp3) is 0.429. The van der Waals surface area contributed by atoms with E-state index < -0.39 is 18.4 Å². The summed E-state index contributed by atoms with van der Waals surface area (Å²) in [6.45, 7) is 4.23. The third-order valence-corrected chi connectivity index (χ3v) is 2.78. The minimum atomic E-state index is -1.42. The number of benzene rings is 1. The van der Waals surface area contributed by atoms with Gasteiger partial charge in [0.2, 0.25) is 0 Å². The maximum Gasteiger partial charge on any atom is 1.00 e. The molecule has 0 spiro atoms. The Hall–Kier alpha value is -0.840. The van der Waals surface area contributed by atoms with E-state index in [1.807, 2.05) is 25.1 Å². The van der Waals surface area contributed by atoms with Crippen LogP contribution in [-0.4, -0.2) is 11.9 Å². The van der Waals surface area contributed by atoms with Gasteiger partial charge in [-0.25, -0.2) is 0 Å². The summed E-state index contributed by atoms with van der Waals surface area (Å²) in [5, 5.41) is 10.2. The Labute approximate surface area is 135 Å². The third kappa shape index (κ3) is 5.76. The van der Waals surface area contributed by atoms with Gasteiger partial charge < -0.3 is 14.6 Å². The second kappa shape index (κ2) is 9.13. The normalized spacial score (nSPS) is 9.58. The van der Waals surface area contributed by atoms with Crippen LogP contribution < -0.4 is 34.7 Å². The zero-order valence-electron chi connectivity index (χ0n) is 11.7. The van der Waals surface area contributed by atoms with Crippen LogP contribution in [0.1, 0.15) is 37.0 Å². The van der Waals surface area contributed by atoms with E-state index in [4.69, 9.17) is 4.74 Å². The molecule has 1 aromatic rings. The third-order valence-electron chi connectivity index (χ3n) is 2.78. The van der Waals surface area contributed by atoms with Gasteiger partial charge in [-0.1, -0.05) is 32.0 Å². The maximum atomic E-state index is 11.1. The molecular weight excluding hydrogens is 255 g/mol. The van der Waals surface area contributed by atoms with E-state index in [9.17, 15) is 14.7 Å². The Balaban J connectivity index is 0.00000324. The van der Waals surface area contributed by atoms with Crippen LogP contribution in [0, 0.1) is 0 Å². The molecular formula is C14H17NaO4. The summed E-state index contributed by atoms with van der Waals surface area (Å²) in [6, 6.07) is 5.86. The summed E-state index contributed by atoms with van der Waals surface area (Å²) < 4.78 is 4.92. The molecule has 98 valence electrons. The molecule has 19 heavy (non-hydrogen) atoms. The minimum absolute atomic E-state index is 0. The number of aliphatic carboxylic acids is 1. The van der Waals surface area contributed by atoms with Crippen molar-refractivity contribution in [3.63, 3.8) is 0 Å². The average molecular weight is 272 g/mol. The molecule has 4 nitrogen and oxygen atoms in total. The van der Waals surface area contributed by atoms with E-state index in [2.05, 4.69) is 6.92 Å². The van der Waals surface area contributed by atoms with Crippen LogP contribution in [0.3, 0.4) is 0 Å². The van der Waals surface area contributed by atoms with E-state index in [-0.39, 0.29) is 36.2 Å². The Morgan fingerprint density at radius 3 is 2.32 bits per heavy atom. The number of carbonyl (C=O) groups is 2. The number of carboxylic acid groups (broad SMARTS) is 1. The second-order valence-electron chi connectivity index (χ2n) is 3.97. The predicted molar refractivity (Wildman–Crippen MR) is 64.6 cm³/mol. The second-order valence-corrected chi connectivity index (χ2v) is 3.97. The van der Waals surface area contributed by atoms with Crippen LogP contribution in [0.25, 0.3) is 0 Å². The number of rotatable bonds is 6. The Morgan fingerprint density at radius 1 is 1.16 bits per heavy atom. The first-order valence-electron chi connectivity index (χ1n) is 6.03. The van der Waals surface area contributed by atoms with Crippen molar-refractivity contribution in [2.24, 2.45) is 0 Å². The largest absolute Gasteiger partial charge is 1.00 e. The van der Waals surface area contributed by atoms with E-state index in [1.165, 1.54) is 11.1 Å². The van der Waals surface area contributed by atoms with Crippen molar-refractivity contribution in [1.82, 2.24) is 0 Å². The smallest absolute Gasteiger partial charge is 0.550 e. The van der Waals surface area contributed by atoms with Gasteiger partial charge in [0, 0.05) is 0 Å². The summed E-state index contributed by atoms with van der Waals surface area (Å²) in [5.41, 5.74) is 3.33. The standard InChI is InChI=1S/C14H18O4.Na/c1-3-10-6-5-7-11(12(10)4-2)9-18-14(17)8-13(15)16;/h5-7H,3-4,8-9H2,1-2H3,(H,15,16);/q;+1/p-1. The summed E-state index contributed by atoms with van der Waals surface area (Å²) in [5.74, 6) is -2.18. The molecule has 1 rings (SSSR count). The number of carbonyl (C=O) groups excluding carboxylic acids is 2. The number of hydrogen-bond acceptors (Lipinski definition) is 4. The van der Waals surface area contributed by atoms with Gasteiger partial charge in [-0.15, -0.1) is 0 Å². The van der Waals surface area contributed by atoms with Crippen molar-refractivity contribution >= 4 is 11.9 Å². The molecule has 0 aliphatic rings. The van der Waals surface area contributed by atoms with Crippen LogP contribution in [0.15, 0.2) is 18.2 Å². The van der Waals surface area contributed by atoms with Crippen molar-refractivity contribution in [3.8, 4) is 0 Å². The summed E-state index contributed by atoms with van der Waals surface area (Å²) >= 11 is 0. The van der Waals surface area contributed by atoms with E-state index >= 15 is 0 Å². The van der Waals surface area contributed by atoms with Gasteiger partial charge in [0.15, 0.2) is 0 Å². The molecule has 0 fully saturated rings. The maximum absolute atomic E-state index is 11.1. The van der Waals surface area contributed by atoms with E-state index in [1.54, 1.807) is 0 Å². The number of esters is 1. The van der Waals surface area contributed by atoms with Crippen molar-refractivity contribution < 1.29 is 49.0 Å². The van der Waals surface area contributed by atoms with Gasteiger partial charge in [0.1, 0.15) is 6.61 Å². The van der Waals surface area contributed by atoms with E-state index in [0.717, 1.165) is 18.4 Å². The molecule has 0 aromatic heterocycles. The topological polar surface area (TPSA) is 66.4 Å². The Bertz CT molecular complexity index is 443. The SMILES string of the molecule is CCc1cccc(COC(=O)CC(=O)[O-])c1CC.[Na+]. The molecule has 0 atom stereocenters. The molecule has 5 heteroatoms. The number of carboxylic acids is 1. The summed E-state index contributed by atoms with van der Waals surface area (Å²) in [4.78, 5) is 21.4. The van der Waals surface area contributed by atoms with E-state index in [0.29, 0.717) is 0 Å². The molecule has 0 bridgehead atoms. The molecule has 0 saturated heterocycles. The zero-order valence-corrected chi connectivity index (χ0v) is 13.7. The molecule has 0 saturated carbocycles. The van der Waals surface area contributed by atoms with Crippen LogP contribution in [-0.2, 0) is 33.8 Å². The number of ether oxygens (including phenoxy) is 1. The van der Waals surface area contributed by atoms with Crippen molar-refractivity contribution in [1.29, 1.82) is 0 Å². The van der Waals surface area contributed by atoms with Gasteiger partial charge >= 0.3 is 35.5 Å². The van der Waals surface area contributed by atoms with Gasteiger partial charge in [-0.3, -0.25) is 4.79 Å². The zero-order chi connectivity index (χ0) is 13.5.